The van der Waals surface area contributed by atoms with E-state index < -0.39 is 4.92 Å². The van der Waals surface area contributed by atoms with Gasteiger partial charge in [-0.25, -0.2) is 5.43 Å². The number of amides is 1. The number of anilines is 1. The summed E-state index contributed by atoms with van der Waals surface area (Å²) in [6, 6.07) is 4.91. The second-order valence-corrected chi connectivity index (χ2v) is 7.58. The number of halogens is 1. The molecule has 12 heteroatoms. The fourth-order valence-electron chi connectivity index (χ4n) is 2.33. The van der Waals surface area contributed by atoms with Gasteiger partial charge in [0.2, 0.25) is 0 Å². The highest BCUT2D eigenvalue weighted by Gasteiger charge is 2.24. The highest BCUT2D eigenvalue weighted by atomic mass is 127. The van der Waals surface area contributed by atoms with Crippen LogP contribution >= 0.6 is 23.5 Å². The van der Waals surface area contributed by atoms with Gasteiger partial charge in [-0.3, -0.25) is 25.6 Å². The topological polar surface area (TPSA) is 137 Å². The second kappa shape index (κ2) is 11.3. The van der Waals surface area contributed by atoms with Crippen LogP contribution in [0.3, 0.4) is 0 Å². The van der Waals surface area contributed by atoms with Gasteiger partial charge in [-0.1, -0.05) is 17.8 Å². The highest BCUT2D eigenvalue weighted by molar-refractivity contribution is 8.14. The van der Waals surface area contributed by atoms with Crippen molar-refractivity contribution < 1.29 is 38.7 Å². The molecule has 0 bridgehead atoms. The van der Waals surface area contributed by atoms with Crippen molar-refractivity contribution in [2.75, 3.05) is 24.7 Å². The van der Waals surface area contributed by atoms with E-state index in [0.717, 1.165) is 18.2 Å². The van der Waals surface area contributed by atoms with Gasteiger partial charge in [0.1, 0.15) is 5.69 Å². The summed E-state index contributed by atoms with van der Waals surface area (Å²) in [4.78, 5) is 25.4. The largest absolute Gasteiger partial charge is 1.00 e. The lowest BCUT2D eigenvalue weighted by molar-refractivity contribution is -0.454. The van der Waals surface area contributed by atoms with E-state index in [1.165, 1.54) is 17.8 Å². The monoisotopic (exact) mass is 524 g/mol. The van der Waals surface area contributed by atoms with Gasteiger partial charge in [-0.2, -0.15) is 5.10 Å². The van der Waals surface area contributed by atoms with Crippen molar-refractivity contribution in [2.45, 2.75) is 18.6 Å². The van der Waals surface area contributed by atoms with Crippen LogP contribution in [0.2, 0.25) is 0 Å². The van der Waals surface area contributed by atoms with Crippen LogP contribution in [0, 0.1) is 10.1 Å². The third-order valence-electron chi connectivity index (χ3n) is 3.61. The smallest absolute Gasteiger partial charge is 0.301 e. The summed E-state index contributed by atoms with van der Waals surface area (Å²) >= 11 is 2.53. The Bertz CT molecular complexity index is 759. The highest BCUT2D eigenvalue weighted by Crippen LogP contribution is 2.28. The summed E-state index contributed by atoms with van der Waals surface area (Å²) in [5, 5.41) is 18.8. The molecule has 0 aliphatic carbocycles. The van der Waals surface area contributed by atoms with Crippen LogP contribution in [0.4, 0.5) is 16.2 Å². The molecule has 0 saturated heterocycles. The van der Waals surface area contributed by atoms with Gasteiger partial charge < -0.3 is 29.3 Å². The maximum atomic E-state index is 11.4. The van der Waals surface area contributed by atoms with Crippen molar-refractivity contribution in [1.29, 1.82) is 0 Å². The van der Waals surface area contributed by atoms with Gasteiger partial charge in [-0.05, 0) is 31.0 Å². The van der Waals surface area contributed by atoms with Crippen molar-refractivity contribution in [3.05, 3.63) is 33.9 Å². The first-order valence-electron chi connectivity index (χ1n) is 7.89. The van der Waals surface area contributed by atoms with Crippen molar-refractivity contribution in [2.24, 2.45) is 10.8 Å². The third-order valence-corrected chi connectivity index (χ3v) is 5.08. The number of hydrogen-bond donors (Lipinski definition) is 4. The summed E-state index contributed by atoms with van der Waals surface area (Å²) in [6.45, 7) is 3.08. The molecule has 1 amide bonds. The van der Waals surface area contributed by atoms with Crippen molar-refractivity contribution in [3.8, 4) is 0 Å². The molecule has 9 nitrogen and oxygen atoms in total. The molecule has 0 radical (unpaired) electrons. The molecule has 1 atom stereocenters. The van der Waals surface area contributed by atoms with E-state index in [0.29, 0.717) is 35.2 Å². The third kappa shape index (κ3) is 6.84. The standard InChI is InChI=1S/C15H20N6O3S2.HI/c1-9-13(19-20-15(22)26-9)10-4-5-11(12(8-10)21(23)24)17-6-3-7-18-14(16)25-2;/h4-5,8-9,17H,3,6-7H2,1-2H3,(H2,16,18)(H,20,22);1H. The predicted octanol–water partition coefficient (Wildman–Crippen LogP) is -2.29. The molecule has 0 aromatic heterocycles. The van der Waals surface area contributed by atoms with E-state index in [2.05, 4.69) is 20.8 Å². The Morgan fingerprint density at radius 2 is 2.30 bits per heavy atom. The number of nitro groups is 1. The number of amidine groups is 1. The number of hydrazone groups is 1. The second-order valence-electron chi connectivity index (χ2n) is 5.42. The number of thioether (sulfide) groups is 2. The molecule has 0 fully saturated rings. The number of carbonyl (C=O) groups excluding carboxylic acids is 1. The minimum atomic E-state index is -0.427. The van der Waals surface area contributed by atoms with Crippen molar-refractivity contribution >= 4 is 51.0 Å². The molecule has 2 rings (SSSR count). The van der Waals surface area contributed by atoms with Gasteiger partial charge in [0, 0.05) is 24.6 Å². The summed E-state index contributed by atoms with van der Waals surface area (Å²) in [5.74, 6) is 0. The molecular formula is C15H21IN6O3S2. The Morgan fingerprint density at radius 3 is 2.93 bits per heavy atom. The molecule has 1 unspecified atom stereocenters. The normalized spacial score (nSPS) is 16.8. The van der Waals surface area contributed by atoms with Gasteiger partial charge in [-0.15, -0.1) is 0 Å². The van der Waals surface area contributed by atoms with Gasteiger partial charge in [0.15, 0.2) is 0 Å². The molecule has 148 valence electrons. The molecule has 1 aliphatic heterocycles. The average Bonchev–Trinajstić information content (AvgIpc) is 2.61. The van der Waals surface area contributed by atoms with Crippen molar-refractivity contribution in [3.63, 3.8) is 0 Å². The first-order chi connectivity index (χ1) is 12.4. The fourth-order valence-corrected chi connectivity index (χ4v) is 3.29. The Hall–Kier alpha value is -1.54. The number of nitro benzene ring substituents is 1. The van der Waals surface area contributed by atoms with Gasteiger partial charge in [0.25, 0.3) is 10.9 Å². The summed E-state index contributed by atoms with van der Waals surface area (Å²) < 4.78 is 0. The van der Waals surface area contributed by atoms with Crippen LogP contribution in [0.1, 0.15) is 18.9 Å². The summed E-state index contributed by atoms with van der Waals surface area (Å²) in [6.07, 6.45) is 2.64. The van der Waals surface area contributed by atoms with Crippen LogP contribution < -0.4 is 45.4 Å². The van der Waals surface area contributed by atoms with Crippen LogP contribution in [-0.2, 0) is 0 Å². The average molecular weight is 524 g/mol. The minimum Gasteiger partial charge on any atom is -1.00 e. The SMILES string of the molecule is CSC(N)=[NH+]CCCNc1ccc(C2=NNC(=O)SC2C)cc1[N+](=O)[O-].[I-]. The molecule has 0 spiro atoms. The first-order valence-corrected chi connectivity index (χ1v) is 10.00. The van der Waals surface area contributed by atoms with E-state index in [1.807, 2.05) is 13.2 Å². The number of hydrogen-bond acceptors (Lipinski definition) is 7. The van der Waals surface area contributed by atoms with Gasteiger partial charge in [0.05, 0.1) is 22.4 Å². The van der Waals surface area contributed by atoms with E-state index in [9.17, 15) is 14.9 Å². The van der Waals surface area contributed by atoms with Crippen LogP contribution in [0.25, 0.3) is 0 Å². The zero-order chi connectivity index (χ0) is 19.1. The molecule has 1 aromatic carbocycles. The quantitative estimate of drug-likeness (QED) is 0.0788. The molecule has 1 heterocycles. The number of benzene rings is 1. The maximum Gasteiger partial charge on any atom is 0.301 e. The van der Waals surface area contributed by atoms with E-state index in [-0.39, 0.29) is 40.2 Å². The number of carbonyl (C=O) groups is 1. The molecule has 1 aliphatic rings. The first kappa shape index (κ1) is 23.5. The number of nitrogens with zero attached hydrogens (tertiary/aromatic N) is 2. The Kier molecular flexibility index (Phi) is 9.87. The fraction of sp³-hybridized carbons (Fsp3) is 0.400. The lowest BCUT2D eigenvalue weighted by Gasteiger charge is -2.18. The Balaban J connectivity index is 0.00000364. The molecule has 27 heavy (non-hydrogen) atoms. The van der Waals surface area contributed by atoms with Crippen LogP contribution in [-0.4, -0.2) is 45.6 Å². The Morgan fingerprint density at radius 1 is 1.56 bits per heavy atom. The zero-order valence-corrected chi connectivity index (χ0v) is 18.6. The van der Waals surface area contributed by atoms with Gasteiger partial charge >= 0.3 is 5.17 Å². The molecular weight excluding hydrogens is 503 g/mol. The lowest BCUT2D eigenvalue weighted by Crippen LogP contribution is -3.00. The summed E-state index contributed by atoms with van der Waals surface area (Å²) in [7, 11) is 0. The number of nitrogens with one attached hydrogen (secondary N) is 3. The molecule has 1 aromatic rings. The number of rotatable bonds is 7. The Labute approximate surface area is 182 Å². The molecule has 5 N–H and O–H groups in total. The summed E-state index contributed by atoms with van der Waals surface area (Å²) in [5.41, 5.74) is 9.69. The maximum absolute atomic E-state index is 11.4. The van der Waals surface area contributed by atoms with Crippen LogP contribution in [0.15, 0.2) is 23.3 Å². The minimum absolute atomic E-state index is 0. The lowest BCUT2D eigenvalue weighted by atomic mass is 10.1. The zero-order valence-electron chi connectivity index (χ0n) is 14.8. The number of nitrogens with two attached hydrogens (primary N) is 1. The van der Waals surface area contributed by atoms with Crippen LogP contribution in [0.5, 0.6) is 0 Å². The van der Waals surface area contributed by atoms with E-state index in [1.54, 1.807) is 12.1 Å². The molecule has 0 saturated carbocycles. The van der Waals surface area contributed by atoms with Crippen molar-refractivity contribution in [1.82, 2.24) is 5.43 Å². The van der Waals surface area contributed by atoms with E-state index >= 15 is 0 Å². The van der Waals surface area contributed by atoms with E-state index in [4.69, 9.17) is 5.73 Å². The predicted molar refractivity (Wildman–Crippen MR) is 107 cm³/mol.